The fraction of sp³-hybridized carbons (Fsp3) is 0.125. The second-order valence-corrected chi connectivity index (χ2v) is 4.59. The van der Waals surface area contributed by atoms with Gasteiger partial charge < -0.3 is 10.8 Å². The maximum atomic E-state index is 12.5. The average Bonchev–Trinajstić information content (AvgIpc) is 2.40. The van der Waals surface area contributed by atoms with Crippen molar-refractivity contribution >= 4 is 17.4 Å². The zero-order valence-corrected chi connectivity index (χ0v) is 11.1. The molecule has 102 valence electrons. The van der Waals surface area contributed by atoms with Gasteiger partial charge in [0.05, 0.1) is 6.42 Å². The van der Waals surface area contributed by atoms with Crippen molar-refractivity contribution in [3.8, 4) is 0 Å². The lowest BCUT2D eigenvalue weighted by molar-refractivity contribution is -0.136. The van der Waals surface area contributed by atoms with Crippen molar-refractivity contribution in [1.82, 2.24) is 0 Å². The van der Waals surface area contributed by atoms with Crippen LogP contribution >= 0.6 is 0 Å². The van der Waals surface area contributed by atoms with E-state index >= 15 is 0 Å². The highest BCUT2D eigenvalue weighted by atomic mass is 16.4. The molecular weight excluding hydrogens is 254 g/mol. The maximum absolute atomic E-state index is 12.5. The molecule has 4 nitrogen and oxygen atoms in total. The van der Waals surface area contributed by atoms with E-state index in [0.717, 1.165) is 5.56 Å². The molecule has 0 aromatic heterocycles. The number of hydrogen-bond acceptors (Lipinski definition) is 3. The number of carboxylic acid groups (broad SMARTS) is 1. The molecule has 0 radical (unpaired) electrons. The molecule has 0 saturated carbocycles. The Bertz CT molecular complexity index is 677. The molecule has 0 saturated heterocycles. The van der Waals surface area contributed by atoms with Crippen molar-refractivity contribution < 1.29 is 14.7 Å². The molecule has 0 unspecified atom stereocenters. The summed E-state index contributed by atoms with van der Waals surface area (Å²) in [4.78, 5) is 23.3. The molecule has 0 aliphatic carbocycles. The molecule has 3 N–H and O–H groups in total. The van der Waals surface area contributed by atoms with Crippen LogP contribution in [0.4, 0.5) is 5.69 Å². The van der Waals surface area contributed by atoms with E-state index in [0.29, 0.717) is 16.7 Å². The number of ketones is 1. The molecule has 2 aromatic rings. The number of nitrogen functional groups attached to an aromatic ring is 1. The standard InChI is InChI=1S/C16H15NO3/c1-10-5-2-3-7-12(10)16(20)13-8-4-6-11(15(13)17)9-14(18)19/h2-8H,9,17H2,1H3,(H,18,19). The summed E-state index contributed by atoms with van der Waals surface area (Å²) in [6.07, 6.45) is -0.194. The molecule has 0 aliphatic rings. The average molecular weight is 269 g/mol. The van der Waals surface area contributed by atoms with Gasteiger partial charge in [-0.25, -0.2) is 0 Å². The van der Waals surface area contributed by atoms with Crippen molar-refractivity contribution in [2.45, 2.75) is 13.3 Å². The number of aliphatic carboxylic acids is 1. The van der Waals surface area contributed by atoms with Gasteiger partial charge in [-0.15, -0.1) is 0 Å². The zero-order valence-electron chi connectivity index (χ0n) is 11.1. The molecule has 0 heterocycles. The van der Waals surface area contributed by atoms with Crippen molar-refractivity contribution in [2.24, 2.45) is 0 Å². The molecule has 0 aliphatic heterocycles. The van der Waals surface area contributed by atoms with Crippen LogP contribution in [-0.4, -0.2) is 16.9 Å². The molecule has 0 fully saturated rings. The Hall–Kier alpha value is -2.62. The number of carbonyl (C=O) groups is 2. The fourth-order valence-corrected chi connectivity index (χ4v) is 2.10. The first-order valence-corrected chi connectivity index (χ1v) is 6.20. The van der Waals surface area contributed by atoms with E-state index in [2.05, 4.69) is 0 Å². The third-order valence-electron chi connectivity index (χ3n) is 3.17. The van der Waals surface area contributed by atoms with E-state index in [9.17, 15) is 9.59 Å². The van der Waals surface area contributed by atoms with E-state index in [1.165, 1.54) is 0 Å². The highest BCUT2D eigenvalue weighted by Crippen LogP contribution is 2.22. The van der Waals surface area contributed by atoms with Crippen LogP contribution in [0.25, 0.3) is 0 Å². The summed E-state index contributed by atoms with van der Waals surface area (Å²) < 4.78 is 0. The van der Waals surface area contributed by atoms with Gasteiger partial charge in [-0.3, -0.25) is 9.59 Å². The Balaban J connectivity index is 2.46. The lowest BCUT2D eigenvalue weighted by Crippen LogP contribution is -2.11. The number of rotatable bonds is 4. The molecule has 0 atom stereocenters. The van der Waals surface area contributed by atoms with E-state index in [-0.39, 0.29) is 17.9 Å². The topological polar surface area (TPSA) is 80.4 Å². The Kier molecular flexibility index (Phi) is 3.84. The smallest absolute Gasteiger partial charge is 0.307 e. The van der Waals surface area contributed by atoms with Crippen LogP contribution in [0, 0.1) is 6.92 Å². The third-order valence-corrected chi connectivity index (χ3v) is 3.17. The number of nitrogens with two attached hydrogens (primary N) is 1. The number of aryl methyl sites for hydroxylation is 1. The van der Waals surface area contributed by atoms with Crippen molar-refractivity contribution in [3.63, 3.8) is 0 Å². The maximum Gasteiger partial charge on any atom is 0.307 e. The van der Waals surface area contributed by atoms with Crippen molar-refractivity contribution in [1.29, 1.82) is 0 Å². The zero-order chi connectivity index (χ0) is 14.7. The Morgan fingerprint density at radius 1 is 1.05 bits per heavy atom. The van der Waals surface area contributed by atoms with Gasteiger partial charge in [-0.2, -0.15) is 0 Å². The number of carboxylic acids is 1. The molecular formula is C16H15NO3. The van der Waals surface area contributed by atoms with Crippen LogP contribution in [0.5, 0.6) is 0 Å². The number of benzene rings is 2. The number of anilines is 1. The van der Waals surface area contributed by atoms with E-state index in [4.69, 9.17) is 10.8 Å². The summed E-state index contributed by atoms with van der Waals surface area (Å²) >= 11 is 0. The first-order valence-electron chi connectivity index (χ1n) is 6.20. The van der Waals surface area contributed by atoms with Gasteiger partial charge in [0.2, 0.25) is 0 Å². The first kappa shape index (κ1) is 13.8. The van der Waals surface area contributed by atoms with Gasteiger partial charge in [0.15, 0.2) is 5.78 Å². The van der Waals surface area contributed by atoms with Crippen LogP contribution < -0.4 is 5.73 Å². The molecule has 2 rings (SSSR count). The number of hydrogen-bond donors (Lipinski definition) is 2. The van der Waals surface area contributed by atoms with E-state index in [1.807, 2.05) is 19.1 Å². The minimum absolute atomic E-state index is 0.187. The summed E-state index contributed by atoms with van der Waals surface area (Å²) in [7, 11) is 0. The Morgan fingerprint density at radius 2 is 1.70 bits per heavy atom. The van der Waals surface area contributed by atoms with Crippen LogP contribution in [0.2, 0.25) is 0 Å². The second-order valence-electron chi connectivity index (χ2n) is 4.59. The van der Waals surface area contributed by atoms with Crippen molar-refractivity contribution in [2.75, 3.05) is 5.73 Å². The van der Waals surface area contributed by atoms with Gasteiger partial charge in [-0.05, 0) is 24.1 Å². The minimum Gasteiger partial charge on any atom is -0.481 e. The van der Waals surface area contributed by atoms with Gasteiger partial charge >= 0.3 is 5.97 Å². The monoisotopic (exact) mass is 269 g/mol. The number of carbonyl (C=O) groups excluding carboxylic acids is 1. The number of para-hydroxylation sites is 1. The van der Waals surface area contributed by atoms with Gasteiger partial charge in [-0.1, -0.05) is 36.4 Å². The lowest BCUT2D eigenvalue weighted by Gasteiger charge is -2.10. The highest BCUT2D eigenvalue weighted by Gasteiger charge is 2.16. The van der Waals surface area contributed by atoms with E-state index in [1.54, 1.807) is 30.3 Å². The van der Waals surface area contributed by atoms with Crippen LogP contribution in [0.3, 0.4) is 0 Å². The normalized spacial score (nSPS) is 10.2. The lowest BCUT2D eigenvalue weighted by atomic mass is 9.95. The quantitative estimate of drug-likeness (QED) is 0.660. The van der Waals surface area contributed by atoms with Crippen molar-refractivity contribution in [3.05, 3.63) is 64.7 Å². The summed E-state index contributed by atoms with van der Waals surface area (Å²) in [6.45, 7) is 1.85. The highest BCUT2D eigenvalue weighted by molar-refractivity contribution is 6.13. The van der Waals surface area contributed by atoms with Gasteiger partial charge in [0.25, 0.3) is 0 Å². The first-order chi connectivity index (χ1) is 9.50. The molecule has 2 aromatic carbocycles. The van der Waals surface area contributed by atoms with Gasteiger partial charge in [0.1, 0.15) is 0 Å². The van der Waals surface area contributed by atoms with E-state index < -0.39 is 5.97 Å². The summed E-state index contributed by atoms with van der Waals surface area (Å²) in [5.41, 5.74) is 8.41. The largest absolute Gasteiger partial charge is 0.481 e. The SMILES string of the molecule is Cc1ccccc1C(=O)c1cccc(CC(=O)O)c1N. The third kappa shape index (κ3) is 2.69. The van der Waals surface area contributed by atoms with Gasteiger partial charge in [0, 0.05) is 16.8 Å². The fourth-order valence-electron chi connectivity index (χ4n) is 2.10. The molecule has 0 amide bonds. The van der Waals surface area contributed by atoms with Crippen LogP contribution in [0.15, 0.2) is 42.5 Å². The second kappa shape index (κ2) is 5.57. The predicted molar refractivity (Wildman–Crippen MR) is 76.8 cm³/mol. The molecule has 0 bridgehead atoms. The summed E-state index contributed by atoms with van der Waals surface area (Å²) in [6, 6.07) is 12.1. The minimum atomic E-state index is -0.975. The Morgan fingerprint density at radius 3 is 2.35 bits per heavy atom. The molecule has 0 spiro atoms. The van der Waals surface area contributed by atoms with Crippen LogP contribution in [-0.2, 0) is 11.2 Å². The predicted octanol–water partition coefficient (Wildman–Crippen LogP) is 2.44. The molecule has 4 heteroatoms. The summed E-state index contributed by atoms with van der Waals surface area (Å²) in [5.74, 6) is -1.16. The molecule has 20 heavy (non-hydrogen) atoms. The Labute approximate surface area is 116 Å². The van der Waals surface area contributed by atoms with Crippen LogP contribution in [0.1, 0.15) is 27.0 Å². The summed E-state index contributed by atoms with van der Waals surface area (Å²) in [5, 5.41) is 8.84.